The molecule has 0 aliphatic rings. The standard InChI is InChI=1S/C18H21NO3S/c1-4-23(21,22)16-9-10-18(20)17(11-16)19-12-14-5-7-15(8-6-14)13(2)3/h5-13,20H,4H2,1-3H3. The predicted octanol–water partition coefficient (Wildman–Crippen LogP) is 4.06. The summed E-state index contributed by atoms with van der Waals surface area (Å²) in [6.45, 7) is 5.84. The molecular weight excluding hydrogens is 310 g/mol. The lowest BCUT2D eigenvalue weighted by molar-refractivity contribution is 0.476. The zero-order valence-corrected chi connectivity index (χ0v) is 14.3. The number of phenolic OH excluding ortho intramolecular Hbond substituents is 1. The van der Waals surface area contributed by atoms with Gasteiger partial charge in [0.25, 0.3) is 0 Å². The van der Waals surface area contributed by atoms with E-state index in [1.807, 2.05) is 24.3 Å². The van der Waals surface area contributed by atoms with Gasteiger partial charge in [-0.25, -0.2) is 8.42 Å². The number of nitrogens with zero attached hydrogens (tertiary/aromatic N) is 1. The Kier molecular flexibility index (Phi) is 5.21. The lowest BCUT2D eigenvalue weighted by atomic mass is 10.0. The average Bonchev–Trinajstić information content (AvgIpc) is 2.54. The minimum Gasteiger partial charge on any atom is -0.506 e. The second kappa shape index (κ2) is 6.96. The van der Waals surface area contributed by atoms with Crippen LogP contribution in [0.15, 0.2) is 52.4 Å². The van der Waals surface area contributed by atoms with Gasteiger partial charge < -0.3 is 5.11 Å². The van der Waals surface area contributed by atoms with Crippen LogP contribution in [0.5, 0.6) is 5.75 Å². The Hall–Kier alpha value is -2.14. The lowest BCUT2D eigenvalue weighted by Crippen LogP contribution is -2.03. The number of aromatic hydroxyl groups is 1. The van der Waals surface area contributed by atoms with Crippen molar-refractivity contribution in [3.05, 3.63) is 53.6 Å². The van der Waals surface area contributed by atoms with Crippen LogP contribution in [0.2, 0.25) is 0 Å². The molecule has 0 unspecified atom stereocenters. The molecule has 0 saturated carbocycles. The third kappa shape index (κ3) is 4.20. The molecule has 0 aliphatic carbocycles. The molecule has 0 aromatic heterocycles. The molecule has 0 bridgehead atoms. The number of benzene rings is 2. The van der Waals surface area contributed by atoms with Crippen molar-refractivity contribution < 1.29 is 13.5 Å². The fraction of sp³-hybridized carbons (Fsp3) is 0.278. The van der Waals surface area contributed by atoms with Crippen LogP contribution in [-0.4, -0.2) is 25.5 Å². The van der Waals surface area contributed by atoms with Crippen LogP contribution in [0, 0.1) is 0 Å². The highest BCUT2D eigenvalue weighted by molar-refractivity contribution is 7.91. The van der Waals surface area contributed by atoms with Crippen molar-refractivity contribution in [1.82, 2.24) is 0 Å². The minimum atomic E-state index is -3.32. The zero-order valence-electron chi connectivity index (χ0n) is 13.5. The molecule has 0 amide bonds. The molecule has 0 radical (unpaired) electrons. The molecule has 122 valence electrons. The Balaban J connectivity index is 2.30. The Labute approximate surface area is 137 Å². The van der Waals surface area contributed by atoms with Gasteiger partial charge in [0.05, 0.1) is 10.6 Å². The number of hydrogen-bond donors (Lipinski definition) is 1. The van der Waals surface area contributed by atoms with E-state index in [1.54, 1.807) is 13.1 Å². The SMILES string of the molecule is CCS(=O)(=O)c1ccc(O)c(N=Cc2ccc(C(C)C)cc2)c1. The summed E-state index contributed by atoms with van der Waals surface area (Å²) in [5.74, 6) is 0.425. The lowest BCUT2D eigenvalue weighted by Gasteiger charge is -2.05. The summed E-state index contributed by atoms with van der Waals surface area (Å²) in [6, 6.07) is 12.1. The van der Waals surface area contributed by atoms with E-state index in [0.717, 1.165) is 5.56 Å². The van der Waals surface area contributed by atoms with Crippen LogP contribution >= 0.6 is 0 Å². The Bertz CT molecular complexity index is 807. The maximum atomic E-state index is 11.9. The molecule has 0 saturated heterocycles. The molecule has 4 nitrogen and oxygen atoms in total. The van der Waals surface area contributed by atoms with Crippen molar-refractivity contribution in [2.45, 2.75) is 31.6 Å². The van der Waals surface area contributed by atoms with Crippen molar-refractivity contribution in [3.63, 3.8) is 0 Å². The Morgan fingerprint density at radius 3 is 2.35 bits per heavy atom. The number of rotatable bonds is 5. The van der Waals surface area contributed by atoms with Gasteiger partial charge in [-0.1, -0.05) is 45.0 Å². The van der Waals surface area contributed by atoms with E-state index in [0.29, 0.717) is 5.92 Å². The molecule has 0 spiro atoms. The zero-order chi connectivity index (χ0) is 17.0. The van der Waals surface area contributed by atoms with Gasteiger partial charge in [0.15, 0.2) is 9.84 Å². The highest BCUT2D eigenvalue weighted by atomic mass is 32.2. The van der Waals surface area contributed by atoms with Crippen LogP contribution in [0.1, 0.15) is 37.8 Å². The van der Waals surface area contributed by atoms with Crippen molar-refractivity contribution in [1.29, 1.82) is 0 Å². The predicted molar refractivity (Wildman–Crippen MR) is 93.6 cm³/mol. The summed E-state index contributed by atoms with van der Waals surface area (Å²) < 4.78 is 23.8. The van der Waals surface area contributed by atoms with E-state index < -0.39 is 9.84 Å². The van der Waals surface area contributed by atoms with Gasteiger partial charge in [-0.15, -0.1) is 0 Å². The van der Waals surface area contributed by atoms with Gasteiger partial charge >= 0.3 is 0 Å². The fourth-order valence-corrected chi connectivity index (χ4v) is 2.98. The second-order valence-electron chi connectivity index (χ2n) is 5.63. The molecule has 0 aliphatic heterocycles. The van der Waals surface area contributed by atoms with Crippen LogP contribution in [-0.2, 0) is 9.84 Å². The van der Waals surface area contributed by atoms with Gasteiger partial charge in [0, 0.05) is 6.21 Å². The van der Waals surface area contributed by atoms with Crippen molar-refractivity contribution >= 4 is 21.7 Å². The smallest absolute Gasteiger partial charge is 0.178 e. The molecule has 1 N–H and O–H groups in total. The van der Waals surface area contributed by atoms with Crippen LogP contribution in [0.3, 0.4) is 0 Å². The van der Waals surface area contributed by atoms with Gasteiger partial charge in [0.1, 0.15) is 11.4 Å². The monoisotopic (exact) mass is 331 g/mol. The first-order valence-corrected chi connectivity index (χ1v) is 9.18. The Morgan fingerprint density at radius 1 is 1.13 bits per heavy atom. The van der Waals surface area contributed by atoms with E-state index in [9.17, 15) is 13.5 Å². The third-order valence-electron chi connectivity index (χ3n) is 3.64. The number of hydrogen-bond acceptors (Lipinski definition) is 4. The first-order chi connectivity index (χ1) is 10.8. The number of phenols is 1. The van der Waals surface area contributed by atoms with E-state index in [-0.39, 0.29) is 22.1 Å². The van der Waals surface area contributed by atoms with Gasteiger partial charge in [-0.2, -0.15) is 0 Å². The largest absolute Gasteiger partial charge is 0.506 e. The van der Waals surface area contributed by atoms with E-state index in [4.69, 9.17) is 0 Å². The summed E-state index contributed by atoms with van der Waals surface area (Å²) in [4.78, 5) is 4.39. The van der Waals surface area contributed by atoms with Gasteiger partial charge in [-0.3, -0.25) is 4.99 Å². The first kappa shape index (κ1) is 17.2. The fourth-order valence-electron chi connectivity index (χ4n) is 2.08. The van der Waals surface area contributed by atoms with Crippen LogP contribution < -0.4 is 0 Å². The molecule has 0 atom stereocenters. The highest BCUT2D eigenvalue weighted by Crippen LogP contribution is 2.29. The summed E-state index contributed by atoms with van der Waals surface area (Å²) >= 11 is 0. The molecule has 5 heteroatoms. The summed E-state index contributed by atoms with van der Waals surface area (Å²) in [6.07, 6.45) is 1.61. The minimum absolute atomic E-state index is 0.0115. The molecule has 23 heavy (non-hydrogen) atoms. The van der Waals surface area contributed by atoms with Gasteiger partial charge in [-0.05, 0) is 35.2 Å². The van der Waals surface area contributed by atoms with E-state index >= 15 is 0 Å². The van der Waals surface area contributed by atoms with Crippen LogP contribution in [0.25, 0.3) is 0 Å². The summed E-state index contributed by atoms with van der Waals surface area (Å²) in [7, 11) is -3.32. The first-order valence-electron chi connectivity index (χ1n) is 7.53. The molecule has 0 fully saturated rings. The average molecular weight is 331 g/mol. The summed E-state index contributed by atoms with van der Waals surface area (Å²) in [5, 5.41) is 9.86. The highest BCUT2D eigenvalue weighted by Gasteiger charge is 2.13. The maximum Gasteiger partial charge on any atom is 0.178 e. The maximum absolute atomic E-state index is 11.9. The van der Waals surface area contributed by atoms with Crippen LogP contribution in [0.4, 0.5) is 5.69 Å². The second-order valence-corrected chi connectivity index (χ2v) is 7.91. The Morgan fingerprint density at radius 2 is 1.78 bits per heavy atom. The molecule has 2 aromatic rings. The van der Waals surface area contributed by atoms with Gasteiger partial charge in [0.2, 0.25) is 0 Å². The van der Waals surface area contributed by atoms with E-state index in [1.165, 1.54) is 23.8 Å². The van der Waals surface area contributed by atoms with Crippen molar-refractivity contribution in [2.24, 2.45) is 4.99 Å². The topological polar surface area (TPSA) is 66.7 Å². The summed E-state index contributed by atoms with van der Waals surface area (Å²) in [5.41, 5.74) is 2.37. The molecule has 0 heterocycles. The number of sulfone groups is 1. The molecule has 2 rings (SSSR count). The molecule has 2 aromatic carbocycles. The van der Waals surface area contributed by atoms with Crippen molar-refractivity contribution in [3.8, 4) is 5.75 Å². The van der Waals surface area contributed by atoms with Crippen molar-refractivity contribution in [2.75, 3.05) is 5.75 Å². The quantitative estimate of drug-likeness (QED) is 0.840. The third-order valence-corrected chi connectivity index (χ3v) is 5.37. The molecular formula is C18H21NO3S. The normalized spacial score (nSPS) is 12.2. The van der Waals surface area contributed by atoms with E-state index in [2.05, 4.69) is 18.8 Å². The number of aliphatic imine (C=N–C) groups is 1.